The van der Waals surface area contributed by atoms with Gasteiger partial charge >= 0.3 is 0 Å². The van der Waals surface area contributed by atoms with E-state index in [-0.39, 0.29) is 0 Å². The average Bonchev–Trinajstić information content (AvgIpc) is 2.43. The summed E-state index contributed by atoms with van der Waals surface area (Å²) in [6.07, 6.45) is 7.02. The van der Waals surface area contributed by atoms with Gasteiger partial charge in [0.2, 0.25) is 0 Å². The third-order valence-electron chi connectivity index (χ3n) is 3.52. The summed E-state index contributed by atoms with van der Waals surface area (Å²) in [4.78, 5) is 4.23. The highest BCUT2D eigenvalue weighted by atomic mass is 79.9. The molecule has 3 heteroatoms. The Balaban J connectivity index is 1.92. The number of nitrogens with zero attached hydrogens (tertiary/aromatic N) is 1. The van der Waals surface area contributed by atoms with Crippen LogP contribution in [-0.2, 0) is 12.8 Å². The number of hydrogen-bond acceptors (Lipinski definition) is 2. The molecule has 0 saturated carbocycles. The monoisotopic (exact) mass is 332 g/mol. The van der Waals surface area contributed by atoms with Crippen molar-refractivity contribution < 1.29 is 0 Å². The summed E-state index contributed by atoms with van der Waals surface area (Å²) in [5.74, 6) is 0. The van der Waals surface area contributed by atoms with Crippen LogP contribution in [0.3, 0.4) is 0 Å². The second-order valence-electron chi connectivity index (χ2n) is 5.23. The van der Waals surface area contributed by atoms with E-state index in [4.69, 9.17) is 0 Å². The van der Waals surface area contributed by atoms with Gasteiger partial charge < -0.3 is 5.32 Å². The van der Waals surface area contributed by atoms with Crippen LogP contribution in [-0.4, -0.2) is 18.1 Å². The molecule has 0 radical (unpaired) electrons. The smallest absolute Gasteiger partial charge is 0.0410 e. The largest absolute Gasteiger partial charge is 0.317 e. The lowest BCUT2D eigenvalue weighted by atomic mass is 9.99. The number of aryl methyl sites for hydroxylation is 2. The van der Waals surface area contributed by atoms with Gasteiger partial charge in [0.25, 0.3) is 0 Å². The van der Waals surface area contributed by atoms with Gasteiger partial charge in [-0.3, -0.25) is 4.98 Å². The average molecular weight is 333 g/mol. The quantitative estimate of drug-likeness (QED) is 0.867. The predicted octanol–water partition coefficient (Wildman–Crippen LogP) is 3.92. The lowest BCUT2D eigenvalue weighted by molar-refractivity contribution is 0.519. The zero-order valence-electron chi connectivity index (χ0n) is 12.1. The number of nitrogens with one attached hydrogen (secondary N) is 1. The van der Waals surface area contributed by atoms with Gasteiger partial charge in [0.15, 0.2) is 0 Å². The fraction of sp³-hybridized carbons (Fsp3) is 0.353. The van der Waals surface area contributed by atoms with Gasteiger partial charge in [-0.25, -0.2) is 0 Å². The zero-order chi connectivity index (χ0) is 14.4. The maximum Gasteiger partial charge on any atom is 0.0410 e. The predicted molar refractivity (Wildman–Crippen MR) is 88.0 cm³/mol. The van der Waals surface area contributed by atoms with Gasteiger partial charge in [-0.2, -0.15) is 0 Å². The van der Waals surface area contributed by atoms with E-state index in [1.807, 2.05) is 19.4 Å². The second kappa shape index (κ2) is 7.55. The molecule has 1 aromatic carbocycles. The molecule has 0 aliphatic heterocycles. The van der Waals surface area contributed by atoms with Crippen LogP contribution in [0.2, 0.25) is 0 Å². The van der Waals surface area contributed by atoms with E-state index in [0.717, 1.165) is 23.7 Å². The van der Waals surface area contributed by atoms with Crippen LogP contribution < -0.4 is 5.32 Å². The second-order valence-corrected chi connectivity index (χ2v) is 6.14. The molecule has 1 N–H and O–H groups in total. The summed E-state index contributed by atoms with van der Waals surface area (Å²) < 4.78 is 1.04. The first-order valence-electron chi connectivity index (χ1n) is 6.99. The molecular formula is C17H21BrN2. The van der Waals surface area contributed by atoms with E-state index in [9.17, 15) is 0 Å². The molecule has 20 heavy (non-hydrogen) atoms. The summed E-state index contributed by atoms with van der Waals surface area (Å²) in [7, 11) is 2.03. The number of pyridine rings is 1. The number of rotatable bonds is 6. The van der Waals surface area contributed by atoms with Crippen molar-refractivity contribution in [1.29, 1.82) is 0 Å². The minimum absolute atomic E-state index is 0.478. The van der Waals surface area contributed by atoms with Gasteiger partial charge in [-0.15, -0.1) is 0 Å². The fourth-order valence-electron chi connectivity index (χ4n) is 2.41. The highest BCUT2D eigenvalue weighted by Gasteiger charge is 2.08. The lowest BCUT2D eigenvalue weighted by Crippen LogP contribution is -2.28. The van der Waals surface area contributed by atoms with E-state index in [1.165, 1.54) is 16.7 Å². The maximum atomic E-state index is 4.23. The highest BCUT2D eigenvalue weighted by molar-refractivity contribution is 9.10. The summed E-state index contributed by atoms with van der Waals surface area (Å²) >= 11 is 3.47. The standard InChI is InChI=1S/C17H21BrN2/c1-13-4-3-5-14(8-13)6-7-17(19-2)10-15-9-16(18)12-20-11-15/h3-5,8-9,11-12,17,19H,6-7,10H2,1-2H3. The van der Waals surface area contributed by atoms with Gasteiger partial charge in [-0.1, -0.05) is 29.8 Å². The number of halogens is 1. The molecule has 2 rings (SSSR count). The van der Waals surface area contributed by atoms with Crippen LogP contribution in [0.5, 0.6) is 0 Å². The molecule has 0 saturated heterocycles. The molecule has 2 aromatic rings. The molecule has 0 aliphatic carbocycles. The SMILES string of the molecule is CNC(CCc1cccc(C)c1)Cc1cncc(Br)c1. The van der Waals surface area contributed by atoms with Gasteiger partial charge in [-0.05, 0) is 66.4 Å². The Morgan fingerprint density at radius 3 is 2.75 bits per heavy atom. The number of hydrogen-bond donors (Lipinski definition) is 1. The summed E-state index contributed by atoms with van der Waals surface area (Å²) in [5, 5.41) is 3.41. The Morgan fingerprint density at radius 1 is 1.20 bits per heavy atom. The summed E-state index contributed by atoms with van der Waals surface area (Å²) in [5.41, 5.74) is 4.01. The van der Waals surface area contributed by atoms with Crippen LogP contribution in [0.15, 0.2) is 47.2 Å². The third kappa shape index (κ3) is 4.73. The van der Waals surface area contributed by atoms with E-state index >= 15 is 0 Å². The molecule has 1 unspecified atom stereocenters. The summed E-state index contributed by atoms with van der Waals surface area (Å²) in [6.45, 7) is 2.15. The molecular weight excluding hydrogens is 312 g/mol. The highest BCUT2D eigenvalue weighted by Crippen LogP contribution is 2.14. The van der Waals surface area contributed by atoms with Crippen LogP contribution in [0.4, 0.5) is 0 Å². The van der Waals surface area contributed by atoms with Crippen LogP contribution in [0.25, 0.3) is 0 Å². The first-order valence-corrected chi connectivity index (χ1v) is 7.79. The van der Waals surface area contributed by atoms with E-state index in [2.05, 4.69) is 63.5 Å². The number of benzene rings is 1. The van der Waals surface area contributed by atoms with Crippen molar-refractivity contribution in [1.82, 2.24) is 10.3 Å². The number of aromatic nitrogens is 1. The van der Waals surface area contributed by atoms with E-state index in [0.29, 0.717) is 6.04 Å². The van der Waals surface area contributed by atoms with Crippen molar-refractivity contribution in [3.63, 3.8) is 0 Å². The molecule has 2 nitrogen and oxygen atoms in total. The zero-order valence-corrected chi connectivity index (χ0v) is 13.7. The van der Waals surface area contributed by atoms with Gasteiger partial charge in [0.05, 0.1) is 0 Å². The molecule has 1 aromatic heterocycles. The molecule has 1 atom stereocenters. The minimum atomic E-state index is 0.478. The molecule has 106 valence electrons. The topological polar surface area (TPSA) is 24.9 Å². The van der Waals surface area contributed by atoms with Gasteiger partial charge in [0.1, 0.15) is 0 Å². The van der Waals surface area contributed by atoms with E-state index in [1.54, 1.807) is 0 Å². The Morgan fingerprint density at radius 2 is 2.05 bits per heavy atom. The van der Waals surface area contributed by atoms with Crippen molar-refractivity contribution in [2.75, 3.05) is 7.05 Å². The van der Waals surface area contributed by atoms with Crippen LogP contribution in [0.1, 0.15) is 23.1 Å². The van der Waals surface area contributed by atoms with Crippen LogP contribution >= 0.6 is 15.9 Å². The Kier molecular flexibility index (Phi) is 5.74. The van der Waals surface area contributed by atoms with Gasteiger partial charge in [0, 0.05) is 22.9 Å². The Bertz CT molecular complexity index is 554. The first kappa shape index (κ1) is 15.2. The van der Waals surface area contributed by atoms with Crippen molar-refractivity contribution >= 4 is 15.9 Å². The van der Waals surface area contributed by atoms with Crippen molar-refractivity contribution in [3.05, 3.63) is 63.9 Å². The van der Waals surface area contributed by atoms with E-state index < -0.39 is 0 Å². The van der Waals surface area contributed by atoms with Crippen molar-refractivity contribution in [2.24, 2.45) is 0 Å². The normalized spacial score (nSPS) is 12.3. The lowest BCUT2D eigenvalue weighted by Gasteiger charge is -2.16. The summed E-state index contributed by atoms with van der Waals surface area (Å²) in [6, 6.07) is 11.4. The molecule has 0 bridgehead atoms. The van der Waals surface area contributed by atoms with Crippen molar-refractivity contribution in [3.8, 4) is 0 Å². The fourth-order valence-corrected chi connectivity index (χ4v) is 2.82. The molecule has 1 heterocycles. The molecule has 0 fully saturated rings. The third-order valence-corrected chi connectivity index (χ3v) is 3.95. The molecule has 0 amide bonds. The Hall–Kier alpha value is -1.19. The molecule has 0 aliphatic rings. The minimum Gasteiger partial charge on any atom is -0.317 e. The van der Waals surface area contributed by atoms with Crippen LogP contribution in [0, 0.1) is 6.92 Å². The first-order chi connectivity index (χ1) is 9.67. The maximum absolute atomic E-state index is 4.23. The number of likely N-dealkylation sites (N-methyl/N-ethyl adjacent to an activating group) is 1. The van der Waals surface area contributed by atoms with Crippen molar-refractivity contribution in [2.45, 2.75) is 32.2 Å². The molecule has 0 spiro atoms. The Labute approximate surface area is 129 Å².